The highest BCUT2D eigenvalue weighted by Gasteiger charge is 2.36. The van der Waals surface area contributed by atoms with Gasteiger partial charge in [0, 0.05) is 11.8 Å². The van der Waals surface area contributed by atoms with Crippen LogP contribution in [0.4, 0.5) is 10.5 Å². The third-order valence-electron chi connectivity index (χ3n) is 4.85. The number of amides is 3. The number of halogens is 1. The van der Waals surface area contributed by atoms with E-state index in [1.807, 2.05) is 0 Å². The van der Waals surface area contributed by atoms with Gasteiger partial charge in [0.05, 0.1) is 16.5 Å². The Kier molecular flexibility index (Phi) is 7.53. The zero-order valence-electron chi connectivity index (χ0n) is 18.5. The van der Waals surface area contributed by atoms with Crippen LogP contribution in [0.25, 0.3) is 6.08 Å². The second-order valence-electron chi connectivity index (χ2n) is 7.20. The molecule has 0 radical (unpaired) electrons. The first-order chi connectivity index (χ1) is 16.9. The van der Waals surface area contributed by atoms with E-state index in [0.29, 0.717) is 51.9 Å². The van der Waals surface area contributed by atoms with E-state index >= 15 is 0 Å². The molecule has 0 atom stereocenters. The van der Waals surface area contributed by atoms with E-state index in [0.717, 1.165) is 16.7 Å². The lowest BCUT2D eigenvalue weighted by atomic mass is 10.2. The summed E-state index contributed by atoms with van der Waals surface area (Å²) in [6.45, 7) is 0.499. The molecule has 1 fully saturated rings. The number of anilines is 1. The number of fused-ring (bicyclic) bond motifs is 1. The van der Waals surface area contributed by atoms with Gasteiger partial charge in [0.1, 0.15) is 26.4 Å². The van der Waals surface area contributed by atoms with Gasteiger partial charge in [-0.05, 0) is 63.6 Å². The summed E-state index contributed by atoms with van der Waals surface area (Å²) in [5.41, 5.74) is 1.05. The Morgan fingerprint density at radius 3 is 2.77 bits per heavy atom. The van der Waals surface area contributed by atoms with E-state index in [1.165, 1.54) is 7.11 Å². The predicted octanol–water partition coefficient (Wildman–Crippen LogP) is 3.92. The monoisotopic (exact) mass is 558 g/mol. The molecule has 0 spiro atoms. The Morgan fingerprint density at radius 2 is 2.03 bits per heavy atom. The van der Waals surface area contributed by atoms with Gasteiger partial charge in [-0.25, -0.2) is 0 Å². The number of thioether (sulfide) groups is 1. The van der Waals surface area contributed by atoms with Gasteiger partial charge in [0.15, 0.2) is 23.0 Å². The van der Waals surface area contributed by atoms with Crippen molar-refractivity contribution in [3.8, 4) is 35.3 Å². The largest absolute Gasteiger partial charge is 0.493 e. The summed E-state index contributed by atoms with van der Waals surface area (Å²) in [4.78, 5) is 38.9. The van der Waals surface area contributed by atoms with Gasteiger partial charge in [-0.1, -0.05) is 5.92 Å². The molecule has 1 N–H and O–H groups in total. The van der Waals surface area contributed by atoms with Crippen LogP contribution in [0.3, 0.4) is 0 Å². The molecular formula is C24H19BrN2O7S. The van der Waals surface area contributed by atoms with Crippen molar-refractivity contribution in [2.45, 2.75) is 0 Å². The third-order valence-corrected chi connectivity index (χ3v) is 6.35. The molecule has 0 aliphatic carbocycles. The topological polar surface area (TPSA) is 103 Å². The molecule has 35 heavy (non-hydrogen) atoms. The van der Waals surface area contributed by atoms with Gasteiger partial charge in [-0.15, -0.1) is 6.42 Å². The molecule has 4 rings (SSSR count). The SMILES string of the molecule is C#CCOc1c(Br)cc(/C=C2\SC(=O)N(CC(=O)Nc3ccc4c(c3)OCCO4)C2=O)cc1OC. The van der Waals surface area contributed by atoms with Crippen molar-refractivity contribution in [1.29, 1.82) is 0 Å². The molecule has 2 heterocycles. The maximum atomic E-state index is 12.9. The lowest BCUT2D eigenvalue weighted by Crippen LogP contribution is -2.36. The Bertz CT molecular complexity index is 1270. The molecule has 2 aromatic carbocycles. The van der Waals surface area contributed by atoms with Gasteiger partial charge in [-0.3, -0.25) is 19.3 Å². The molecular weight excluding hydrogens is 540 g/mol. The van der Waals surface area contributed by atoms with Crippen molar-refractivity contribution in [2.24, 2.45) is 0 Å². The Labute approximate surface area is 213 Å². The Balaban J connectivity index is 1.46. The van der Waals surface area contributed by atoms with E-state index < -0.39 is 23.6 Å². The fourth-order valence-corrected chi connectivity index (χ4v) is 4.74. The van der Waals surface area contributed by atoms with Crippen molar-refractivity contribution < 1.29 is 33.3 Å². The van der Waals surface area contributed by atoms with Crippen LogP contribution in [0.2, 0.25) is 0 Å². The number of carbonyl (C=O) groups excluding carboxylic acids is 3. The fourth-order valence-electron chi connectivity index (χ4n) is 3.33. The van der Waals surface area contributed by atoms with Crippen LogP contribution in [0.15, 0.2) is 39.7 Å². The van der Waals surface area contributed by atoms with Gasteiger partial charge in [0.25, 0.3) is 11.1 Å². The lowest BCUT2D eigenvalue weighted by molar-refractivity contribution is -0.127. The first-order valence-corrected chi connectivity index (χ1v) is 11.9. The Hall–Kier alpha value is -3.62. The number of methoxy groups -OCH3 is 1. The average molecular weight is 559 g/mol. The summed E-state index contributed by atoms with van der Waals surface area (Å²) in [5, 5.41) is 2.13. The summed E-state index contributed by atoms with van der Waals surface area (Å²) in [5.74, 6) is 3.21. The van der Waals surface area contributed by atoms with Crippen molar-refractivity contribution in [3.05, 3.63) is 45.3 Å². The van der Waals surface area contributed by atoms with Gasteiger partial charge in [0.2, 0.25) is 5.91 Å². The normalized spacial score (nSPS) is 15.7. The van der Waals surface area contributed by atoms with Crippen LogP contribution in [0, 0.1) is 12.3 Å². The number of carbonyl (C=O) groups is 3. The standard InChI is InChI=1S/C24H19BrN2O7S/c1-3-6-34-22-16(25)9-14(10-19(22)31-2)11-20-23(29)27(24(30)35-20)13-21(28)26-15-4-5-17-18(12-15)33-8-7-32-17/h1,4-5,9-12H,6-8,13H2,2H3,(H,26,28)/b20-11-. The average Bonchev–Trinajstić information content (AvgIpc) is 3.10. The summed E-state index contributed by atoms with van der Waals surface area (Å²) in [7, 11) is 1.47. The van der Waals surface area contributed by atoms with Gasteiger partial charge < -0.3 is 24.3 Å². The maximum absolute atomic E-state index is 12.9. The molecule has 2 aliphatic heterocycles. The molecule has 2 aliphatic rings. The molecule has 0 aromatic heterocycles. The number of ether oxygens (including phenoxy) is 4. The smallest absolute Gasteiger partial charge is 0.294 e. The highest BCUT2D eigenvalue weighted by Crippen LogP contribution is 2.39. The van der Waals surface area contributed by atoms with Crippen molar-refractivity contribution in [1.82, 2.24) is 4.90 Å². The minimum Gasteiger partial charge on any atom is -0.493 e. The molecule has 9 nitrogen and oxygen atoms in total. The van der Waals surface area contributed by atoms with Crippen LogP contribution < -0.4 is 24.3 Å². The number of benzene rings is 2. The number of nitrogens with zero attached hydrogens (tertiary/aromatic N) is 1. The fraction of sp³-hybridized carbons (Fsp3) is 0.208. The van der Waals surface area contributed by atoms with Crippen molar-refractivity contribution >= 4 is 56.5 Å². The molecule has 11 heteroatoms. The van der Waals surface area contributed by atoms with E-state index in [4.69, 9.17) is 25.4 Å². The van der Waals surface area contributed by atoms with Crippen molar-refractivity contribution in [2.75, 3.05) is 38.8 Å². The number of hydrogen-bond donors (Lipinski definition) is 1. The molecule has 0 saturated carbocycles. The number of terminal acetylenes is 1. The van der Waals surface area contributed by atoms with Crippen LogP contribution in [0.1, 0.15) is 5.56 Å². The minimum absolute atomic E-state index is 0.0571. The minimum atomic E-state index is -0.569. The number of nitrogens with one attached hydrogen (secondary N) is 1. The van der Waals surface area contributed by atoms with E-state index in [2.05, 4.69) is 27.2 Å². The molecule has 1 saturated heterocycles. The molecule has 2 aromatic rings. The van der Waals surface area contributed by atoms with E-state index in [1.54, 1.807) is 36.4 Å². The summed E-state index contributed by atoms with van der Waals surface area (Å²) in [6.07, 6.45) is 6.79. The second-order valence-corrected chi connectivity index (χ2v) is 9.05. The summed E-state index contributed by atoms with van der Waals surface area (Å²) >= 11 is 4.15. The lowest BCUT2D eigenvalue weighted by Gasteiger charge is -2.19. The first-order valence-electron chi connectivity index (χ1n) is 10.3. The van der Waals surface area contributed by atoms with Crippen LogP contribution in [-0.4, -0.2) is 55.4 Å². The summed E-state index contributed by atoms with van der Waals surface area (Å²) in [6, 6.07) is 8.32. The van der Waals surface area contributed by atoms with E-state index in [-0.39, 0.29) is 11.5 Å². The first kappa shape index (κ1) is 24.5. The quantitative estimate of drug-likeness (QED) is 0.403. The molecule has 180 valence electrons. The second kappa shape index (κ2) is 10.8. The zero-order chi connectivity index (χ0) is 24.9. The number of rotatable bonds is 7. The third kappa shape index (κ3) is 5.55. The molecule has 0 unspecified atom stereocenters. The maximum Gasteiger partial charge on any atom is 0.294 e. The summed E-state index contributed by atoms with van der Waals surface area (Å²) < 4.78 is 22.4. The molecule has 0 bridgehead atoms. The number of hydrogen-bond acceptors (Lipinski definition) is 8. The van der Waals surface area contributed by atoms with Crippen molar-refractivity contribution in [3.63, 3.8) is 0 Å². The van der Waals surface area contributed by atoms with Crippen LogP contribution >= 0.6 is 27.7 Å². The van der Waals surface area contributed by atoms with Gasteiger partial charge in [-0.2, -0.15) is 0 Å². The van der Waals surface area contributed by atoms with Crippen LogP contribution in [0.5, 0.6) is 23.0 Å². The van der Waals surface area contributed by atoms with Crippen LogP contribution in [-0.2, 0) is 9.59 Å². The highest BCUT2D eigenvalue weighted by atomic mass is 79.9. The number of imide groups is 1. The highest BCUT2D eigenvalue weighted by molar-refractivity contribution is 9.10. The predicted molar refractivity (Wildman–Crippen MR) is 134 cm³/mol. The van der Waals surface area contributed by atoms with Gasteiger partial charge >= 0.3 is 0 Å². The molecule has 3 amide bonds. The zero-order valence-corrected chi connectivity index (χ0v) is 20.9. The Morgan fingerprint density at radius 1 is 1.26 bits per heavy atom. The van der Waals surface area contributed by atoms with E-state index in [9.17, 15) is 14.4 Å².